The smallest absolute Gasteiger partial charge is 0.418 e. The van der Waals surface area contributed by atoms with E-state index in [4.69, 9.17) is 4.74 Å². The van der Waals surface area contributed by atoms with Crippen LogP contribution in [0.1, 0.15) is 5.56 Å². The lowest BCUT2D eigenvalue weighted by molar-refractivity contribution is -0.137. The number of halogens is 3. The summed E-state index contributed by atoms with van der Waals surface area (Å²) in [6.07, 6.45) is -4.59. The summed E-state index contributed by atoms with van der Waals surface area (Å²) in [7, 11) is 3.09. The molecule has 0 unspecified atom stereocenters. The number of benzene rings is 2. The topological polar surface area (TPSA) is 83.6 Å². The van der Waals surface area contributed by atoms with E-state index in [2.05, 4.69) is 15.6 Å². The first-order chi connectivity index (χ1) is 15.7. The fraction of sp³-hybridized carbons (Fsp3) is 0.227. The van der Waals surface area contributed by atoms with Crippen LogP contribution in [0.25, 0.3) is 11.3 Å². The van der Waals surface area contributed by atoms with Gasteiger partial charge in [0, 0.05) is 10.9 Å². The Hall–Kier alpha value is -3.44. The van der Waals surface area contributed by atoms with Gasteiger partial charge >= 0.3 is 6.18 Å². The Labute approximate surface area is 192 Å². The highest BCUT2D eigenvalue weighted by molar-refractivity contribution is 7.14. The monoisotopic (exact) mass is 478 g/mol. The molecule has 3 rings (SSSR count). The van der Waals surface area contributed by atoms with Gasteiger partial charge in [-0.05, 0) is 43.4 Å². The summed E-state index contributed by atoms with van der Waals surface area (Å²) < 4.78 is 44.3. The van der Waals surface area contributed by atoms with Gasteiger partial charge in [-0.15, -0.1) is 11.3 Å². The summed E-state index contributed by atoms with van der Waals surface area (Å²) >= 11 is 1.25. The quantitative estimate of drug-likeness (QED) is 0.503. The molecule has 1 heterocycles. The van der Waals surface area contributed by atoms with Gasteiger partial charge in [-0.25, -0.2) is 4.98 Å². The predicted octanol–water partition coefficient (Wildman–Crippen LogP) is 4.35. The minimum atomic E-state index is -4.59. The standard InChI is InChI=1S/C22H21F3N4O3S/c1-29(11-19(30)26-17-6-4-3-5-16(17)22(23,24)25)12-20(31)28-21-27-18(13-33-21)14-7-9-15(32-2)10-8-14/h3-10,13H,11-12H2,1-2H3,(H,26,30)(H,27,28,31). The van der Waals surface area contributed by atoms with Crippen molar-refractivity contribution < 1.29 is 27.5 Å². The largest absolute Gasteiger partial charge is 0.497 e. The number of hydrogen-bond donors (Lipinski definition) is 2. The summed E-state index contributed by atoms with van der Waals surface area (Å²) in [6.45, 7) is -0.416. The molecule has 0 saturated carbocycles. The van der Waals surface area contributed by atoms with Crippen molar-refractivity contribution in [3.63, 3.8) is 0 Å². The number of methoxy groups -OCH3 is 1. The van der Waals surface area contributed by atoms with Gasteiger partial charge in [0.05, 0.1) is 37.1 Å². The number of likely N-dealkylation sites (N-methyl/N-ethyl adjacent to an activating group) is 1. The van der Waals surface area contributed by atoms with Crippen molar-refractivity contribution in [2.75, 3.05) is 37.9 Å². The SMILES string of the molecule is COc1ccc(-c2csc(NC(=O)CN(C)CC(=O)Nc3ccccc3C(F)(F)F)n2)cc1. The lowest BCUT2D eigenvalue weighted by atomic mass is 10.1. The summed E-state index contributed by atoms with van der Waals surface area (Å²) in [6, 6.07) is 12.0. The molecule has 33 heavy (non-hydrogen) atoms. The number of carbonyl (C=O) groups is 2. The molecule has 0 aliphatic heterocycles. The van der Waals surface area contributed by atoms with Gasteiger partial charge in [-0.1, -0.05) is 12.1 Å². The molecule has 0 radical (unpaired) electrons. The third-order valence-electron chi connectivity index (χ3n) is 4.47. The van der Waals surface area contributed by atoms with Crippen molar-refractivity contribution in [3.05, 3.63) is 59.5 Å². The number of thiazole rings is 1. The molecule has 2 aromatic carbocycles. The van der Waals surface area contributed by atoms with E-state index >= 15 is 0 Å². The molecule has 7 nitrogen and oxygen atoms in total. The van der Waals surface area contributed by atoms with Crippen molar-refractivity contribution in [1.29, 1.82) is 0 Å². The maximum absolute atomic E-state index is 13.1. The molecular weight excluding hydrogens is 457 g/mol. The van der Waals surface area contributed by atoms with Gasteiger partial charge in [0.15, 0.2) is 5.13 Å². The van der Waals surface area contributed by atoms with Gasteiger partial charge in [-0.3, -0.25) is 14.5 Å². The highest BCUT2D eigenvalue weighted by atomic mass is 32.1. The molecule has 1 aromatic heterocycles. The molecule has 0 aliphatic carbocycles. The molecule has 3 aromatic rings. The molecule has 2 amide bonds. The lowest BCUT2D eigenvalue weighted by Gasteiger charge is -2.17. The van der Waals surface area contributed by atoms with Crippen LogP contribution in [0.2, 0.25) is 0 Å². The first-order valence-corrected chi connectivity index (χ1v) is 10.6. The minimum absolute atomic E-state index is 0.147. The van der Waals surface area contributed by atoms with Gasteiger partial charge in [-0.2, -0.15) is 13.2 Å². The molecule has 174 valence electrons. The van der Waals surface area contributed by atoms with Crippen LogP contribution in [-0.2, 0) is 15.8 Å². The average molecular weight is 478 g/mol. The number of anilines is 2. The van der Waals surface area contributed by atoms with Crippen LogP contribution >= 0.6 is 11.3 Å². The molecule has 0 fully saturated rings. The second-order valence-electron chi connectivity index (χ2n) is 7.08. The van der Waals surface area contributed by atoms with Crippen molar-refractivity contribution in [2.45, 2.75) is 6.18 Å². The summed E-state index contributed by atoms with van der Waals surface area (Å²) in [5.41, 5.74) is 0.284. The summed E-state index contributed by atoms with van der Waals surface area (Å²) in [5.74, 6) is -0.355. The van der Waals surface area contributed by atoms with Gasteiger partial charge < -0.3 is 15.4 Å². The Balaban J connectivity index is 1.52. The third-order valence-corrected chi connectivity index (χ3v) is 5.23. The van der Waals surface area contributed by atoms with Crippen LogP contribution < -0.4 is 15.4 Å². The number of ether oxygens (including phenoxy) is 1. The van der Waals surface area contributed by atoms with E-state index in [1.807, 2.05) is 12.1 Å². The fourth-order valence-corrected chi connectivity index (χ4v) is 3.70. The number of hydrogen-bond acceptors (Lipinski definition) is 6. The zero-order chi connectivity index (χ0) is 24.0. The highest BCUT2D eigenvalue weighted by Gasteiger charge is 2.33. The van der Waals surface area contributed by atoms with E-state index < -0.39 is 23.6 Å². The zero-order valence-corrected chi connectivity index (χ0v) is 18.6. The Morgan fingerprint density at radius 1 is 1.03 bits per heavy atom. The first-order valence-electron chi connectivity index (χ1n) is 9.70. The Morgan fingerprint density at radius 3 is 2.30 bits per heavy atom. The second kappa shape index (κ2) is 10.5. The molecule has 0 aliphatic rings. The lowest BCUT2D eigenvalue weighted by Crippen LogP contribution is -2.36. The molecule has 0 atom stereocenters. The Morgan fingerprint density at radius 2 is 1.67 bits per heavy atom. The second-order valence-corrected chi connectivity index (χ2v) is 7.94. The maximum atomic E-state index is 13.1. The average Bonchev–Trinajstić information content (AvgIpc) is 3.21. The number of rotatable bonds is 8. The van der Waals surface area contributed by atoms with Gasteiger partial charge in [0.1, 0.15) is 5.75 Å². The Bertz CT molecular complexity index is 1120. The van der Waals surface area contributed by atoms with Crippen LogP contribution in [0.4, 0.5) is 24.0 Å². The van der Waals surface area contributed by atoms with E-state index in [1.165, 1.54) is 41.5 Å². The zero-order valence-electron chi connectivity index (χ0n) is 17.8. The molecule has 0 bridgehead atoms. The number of para-hydroxylation sites is 1. The number of nitrogens with one attached hydrogen (secondary N) is 2. The van der Waals surface area contributed by atoms with Crippen molar-refractivity contribution in [2.24, 2.45) is 0 Å². The van der Waals surface area contributed by atoms with Crippen molar-refractivity contribution >= 4 is 34.0 Å². The third kappa shape index (κ3) is 6.77. The molecule has 11 heteroatoms. The van der Waals surface area contributed by atoms with Crippen LogP contribution in [0, 0.1) is 0 Å². The molecule has 0 saturated heterocycles. The van der Waals surface area contributed by atoms with E-state index in [9.17, 15) is 22.8 Å². The summed E-state index contributed by atoms with van der Waals surface area (Å²) in [4.78, 5) is 30.2. The van der Waals surface area contributed by atoms with Gasteiger partial charge in [0.25, 0.3) is 0 Å². The van der Waals surface area contributed by atoms with Crippen LogP contribution in [0.15, 0.2) is 53.9 Å². The summed E-state index contributed by atoms with van der Waals surface area (Å²) in [5, 5.41) is 7.10. The Kier molecular flexibility index (Phi) is 7.67. The maximum Gasteiger partial charge on any atom is 0.418 e. The molecular formula is C22H21F3N4O3S. The number of nitrogens with zero attached hydrogens (tertiary/aromatic N) is 2. The van der Waals surface area contributed by atoms with Crippen LogP contribution in [0.3, 0.4) is 0 Å². The van der Waals surface area contributed by atoms with E-state index in [0.717, 1.165) is 17.4 Å². The number of aromatic nitrogens is 1. The van der Waals surface area contributed by atoms with E-state index in [0.29, 0.717) is 10.8 Å². The highest BCUT2D eigenvalue weighted by Crippen LogP contribution is 2.34. The normalized spacial score (nSPS) is 11.3. The van der Waals surface area contributed by atoms with E-state index in [1.54, 1.807) is 24.6 Å². The van der Waals surface area contributed by atoms with E-state index in [-0.39, 0.29) is 18.8 Å². The number of amides is 2. The van der Waals surface area contributed by atoms with Crippen LogP contribution in [0.5, 0.6) is 5.75 Å². The number of alkyl halides is 3. The molecule has 0 spiro atoms. The molecule has 2 N–H and O–H groups in total. The number of carbonyl (C=O) groups excluding carboxylic acids is 2. The van der Waals surface area contributed by atoms with Crippen molar-refractivity contribution in [1.82, 2.24) is 9.88 Å². The van der Waals surface area contributed by atoms with Gasteiger partial charge in [0.2, 0.25) is 11.8 Å². The van der Waals surface area contributed by atoms with Crippen molar-refractivity contribution in [3.8, 4) is 17.0 Å². The first kappa shape index (κ1) is 24.2. The minimum Gasteiger partial charge on any atom is -0.497 e. The predicted molar refractivity (Wildman–Crippen MR) is 120 cm³/mol. The van der Waals surface area contributed by atoms with Crippen LogP contribution in [-0.4, -0.2) is 48.9 Å². The fourth-order valence-electron chi connectivity index (χ4n) is 2.96.